The lowest BCUT2D eigenvalue weighted by atomic mass is 10.0. The summed E-state index contributed by atoms with van der Waals surface area (Å²) in [5, 5.41) is 5.30. The van der Waals surface area contributed by atoms with Crippen molar-refractivity contribution in [3.05, 3.63) is 29.8 Å². The standard InChI is InChI=1S/C15H23N3O2/c1-4-11-6-5-7-12(9-11)17-14(19)13(8-10(2)3)18-15(16)20/h5-7,9-10,13H,4,8H2,1-3H3,(H,17,19)(H3,16,18,20)/t13-/m0/s1. The average molecular weight is 277 g/mol. The van der Waals surface area contributed by atoms with E-state index in [4.69, 9.17) is 5.73 Å². The lowest BCUT2D eigenvalue weighted by Crippen LogP contribution is -2.46. The van der Waals surface area contributed by atoms with Crippen LogP contribution in [-0.4, -0.2) is 18.0 Å². The highest BCUT2D eigenvalue weighted by molar-refractivity contribution is 5.96. The van der Waals surface area contributed by atoms with Crippen molar-refractivity contribution < 1.29 is 9.59 Å². The quantitative estimate of drug-likeness (QED) is 0.745. The molecule has 0 bridgehead atoms. The third kappa shape index (κ3) is 5.30. The molecule has 1 aromatic rings. The molecular formula is C15H23N3O2. The molecule has 20 heavy (non-hydrogen) atoms. The van der Waals surface area contributed by atoms with Gasteiger partial charge in [-0.1, -0.05) is 32.9 Å². The zero-order valence-corrected chi connectivity index (χ0v) is 12.3. The number of primary amides is 1. The number of hydrogen-bond acceptors (Lipinski definition) is 2. The van der Waals surface area contributed by atoms with Gasteiger partial charge in [-0.25, -0.2) is 4.79 Å². The Kier molecular flexibility index (Phi) is 6.03. The molecule has 0 saturated heterocycles. The normalized spacial score (nSPS) is 12.0. The van der Waals surface area contributed by atoms with E-state index in [0.29, 0.717) is 6.42 Å². The first-order valence-corrected chi connectivity index (χ1v) is 6.88. The van der Waals surface area contributed by atoms with Gasteiger partial charge in [0.05, 0.1) is 0 Å². The maximum absolute atomic E-state index is 12.2. The van der Waals surface area contributed by atoms with Gasteiger partial charge in [-0.3, -0.25) is 4.79 Å². The summed E-state index contributed by atoms with van der Waals surface area (Å²) in [5.74, 6) is 0.0327. The highest BCUT2D eigenvalue weighted by Gasteiger charge is 2.21. The molecule has 5 nitrogen and oxygen atoms in total. The molecule has 1 atom stereocenters. The van der Waals surface area contributed by atoms with Crippen molar-refractivity contribution >= 4 is 17.6 Å². The molecule has 0 unspecified atom stereocenters. The Labute approximate surface area is 119 Å². The fourth-order valence-electron chi connectivity index (χ4n) is 1.97. The number of carbonyl (C=O) groups excluding carboxylic acids is 2. The Hall–Kier alpha value is -2.04. The number of carbonyl (C=O) groups is 2. The number of hydrogen-bond donors (Lipinski definition) is 3. The summed E-state index contributed by atoms with van der Waals surface area (Å²) in [6.45, 7) is 6.03. The fraction of sp³-hybridized carbons (Fsp3) is 0.467. The molecular weight excluding hydrogens is 254 g/mol. The van der Waals surface area contributed by atoms with Gasteiger partial charge < -0.3 is 16.4 Å². The minimum absolute atomic E-state index is 0.245. The molecule has 0 aliphatic carbocycles. The third-order valence-electron chi connectivity index (χ3n) is 2.94. The smallest absolute Gasteiger partial charge is 0.312 e. The van der Waals surface area contributed by atoms with Gasteiger partial charge >= 0.3 is 6.03 Å². The number of nitrogens with one attached hydrogen (secondary N) is 2. The number of anilines is 1. The molecule has 1 aromatic carbocycles. The number of benzene rings is 1. The van der Waals surface area contributed by atoms with Crippen LogP contribution >= 0.6 is 0 Å². The van der Waals surface area contributed by atoms with Crippen molar-refractivity contribution in [1.82, 2.24) is 5.32 Å². The zero-order valence-electron chi connectivity index (χ0n) is 12.3. The third-order valence-corrected chi connectivity index (χ3v) is 2.94. The van der Waals surface area contributed by atoms with Crippen LogP contribution in [0.25, 0.3) is 0 Å². The second-order valence-corrected chi connectivity index (χ2v) is 5.23. The highest BCUT2D eigenvalue weighted by atomic mass is 16.2. The summed E-state index contributed by atoms with van der Waals surface area (Å²) in [7, 11) is 0. The first-order chi connectivity index (χ1) is 9.42. The minimum Gasteiger partial charge on any atom is -0.352 e. The van der Waals surface area contributed by atoms with Crippen LogP contribution < -0.4 is 16.4 Å². The van der Waals surface area contributed by atoms with Crippen molar-refractivity contribution in [2.75, 3.05) is 5.32 Å². The topological polar surface area (TPSA) is 84.2 Å². The Balaban J connectivity index is 2.75. The number of rotatable bonds is 6. The van der Waals surface area contributed by atoms with Gasteiger partial charge in [-0.2, -0.15) is 0 Å². The molecule has 1 rings (SSSR count). The lowest BCUT2D eigenvalue weighted by Gasteiger charge is -2.19. The average Bonchev–Trinajstić information content (AvgIpc) is 2.37. The first kappa shape index (κ1) is 16.0. The number of nitrogens with two attached hydrogens (primary N) is 1. The Morgan fingerprint density at radius 2 is 2.00 bits per heavy atom. The molecule has 5 heteroatoms. The van der Waals surface area contributed by atoms with Crippen LogP contribution in [0, 0.1) is 5.92 Å². The molecule has 110 valence electrons. The fourth-order valence-corrected chi connectivity index (χ4v) is 1.97. The molecule has 0 aromatic heterocycles. The van der Waals surface area contributed by atoms with Gasteiger partial charge in [-0.15, -0.1) is 0 Å². The molecule has 0 radical (unpaired) electrons. The molecule has 0 aliphatic heterocycles. The summed E-state index contributed by atoms with van der Waals surface area (Å²) in [6.07, 6.45) is 1.45. The predicted octanol–water partition coefficient (Wildman–Crippen LogP) is 2.27. The second-order valence-electron chi connectivity index (χ2n) is 5.23. The van der Waals surface area contributed by atoms with Crippen LogP contribution in [0.3, 0.4) is 0 Å². The number of aryl methyl sites for hydroxylation is 1. The van der Waals surface area contributed by atoms with Gasteiger partial charge in [0, 0.05) is 5.69 Å². The van der Waals surface area contributed by atoms with Gasteiger partial charge in [0.15, 0.2) is 0 Å². The lowest BCUT2D eigenvalue weighted by molar-refractivity contribution is -0.118. The molecule has 4 N–H and O–H groups in total. The second kappa shape index (κ2) is 7.53. The van der Waals surface area contributed by atoms with Crippen LogP contribution in [0.15, 0.2) is 24.3 Å². The van der Waals surface area contributed by atoms with Crippen molar-refractivity contribution in [3.63, 3.8) is 0 Å². The minimum atomic E-state index is -0.687. The predicted molar refractivity (Wildman–Crippen MR) is 80.4 cm³/mol. The SMILES string of the molecule is CCc1cccc(NC(=O)[C@H](CC(C)C)NC(N)=O)c1. The number of urea groups is 1. The summed E-state index contributed by atoms with van der Waals surface area (Å²) >= 11 is 0. The summed E-state index contributed by atoms with van der Waals surface area (Å²) in [6, 6.07) is 6.35. The van der Waals surface area contributed by atoms with Crippen LogP contribution in [0.4, 0.5) is 10.5 Å². The van der Waals surface area contributed by atoms with Crippen LogP contribution in [0.1, 0.15) is 32.8 Å². The van der Waals surface area contributed by atoms with Crippen molar-refractivity contribution in [3.8, 4) is 0 Å². The van der Waals surface area contributed by atoms with Gasteiger partial charge in [0.25, 0.3) is 0 Å². The molecule has 0 spiro atoms. The van der Waals surface area contributed by atoms with Gasteiger partial charge in [0.1, 0.15) is 6.04 Å². The Bertz CT molecular complexity index is 472. The monoisotopic (exact) mass is 277 g/mol. The Morgan fingerprint density at radius 3 is 2.55 bits per heavy atom. The molecule has 0 aliphatic rings. The van der Waals surface area contributed by atoms with E-state index in [-0.39, 0.29) is 11.8 Å². The first-order valence-electron chi connectivity index (χ1n) is 6.88. The van der Waals surface area contributed by atoms with Crippen molar-refractivity contribution in [2.24, 2.45) is 11.7 Å². The Morgan fingerprint density at radius 1 is 1.30 bits per heavy atom. The molecule has 3 amide bonds. The number of amides is 3. The van der Waals surface area contributed by atoms with E-state index in [1.165, 1.54) is 0 Å². The van der Waals surface area contributed by atoms with E-state index in [2.05, 4.69) is 17.6 Å². The maximum Gasteiger partial charge on any atom is 0.312 e. The highest BCUT2D eigenvalue weighted by Crippen LogP contribution is 2.13. The van der Waals surface area contributed by atoms with E-state index in [1.807, 2.05) is 38.1 Å². The van der Waals surface area contributed by atoms with Crippen LogP contribution in [-0.2, 0) is 11.2 Å². The zero-order chi connectivity index (χ0) is 15.1. The summed E-state index contributed by atoms with van der Waals surface area (Å²) in [5.41, 5.74) is 6.99. The van der Waals surface area contributed by atoms with E-state index < -0.39 is 12.1 Å². The maximum atomic E-state index is 12.2. The molecule has 0 fully saturated rings. The van der Waals surface area contributed by atoms with Crippen LogP contribution in [0.5, 0.6) is 0 Å². The van der Waals surface area contributed by atoms with E-state index >= 15 is 0 Å². The van der Waals surface area contributed by atoms with Crippen molar-refractivity contribution in [1.29, 1.82) is 0 Å². The summed E-state index contributed by atoms with van der Waals surface area (Å²) in [4.78, 5) is 23.2. The summed E-state index contributed by atoms with van der Waals surface area (Å²) < 4.78 is 0. The molecule has 0 heterocycles. The van der Waals surface area contributed by atoms with Crippen molar-refractivity contribution in [2.45, 2.75) is 39.7 Å². The van der Waals surface area contributed by atoms with E-state index in [9.17, 15) is 9.59 Å². The largest absolute Gasteiger partial charge is 0.352 e. The van der Waals surface area contributed by atoms with E-state index in [0.717, 1.165) is 17.7 Å². The van der Waals surface area contributed by atoms with Gasteiger partial charge in [0.2, 0.25) is 5.91 Å². The van der Waals surface area contributed by atoms with Crippen LogP contribution in [0.2, 0.25) is 0 Å². The molecule has 0 saturated carbocycles. The van der Waals surface area contributed by atoms with Gasteiger partial charge in [-0.05, 0) is 36.5 Å². The van der Waals surface area contributed by atoms with E-state index in [1.54, 1.807) is 0 Å².